The fourth-order valence-electron chi connectivity index (χ4n) is 4.45. The Morgan fingerprint density at radius 2 is 1.39 bits per heavy atom. The second-order valence-electron chi connectivity index (χ2n) is 8.50. The van der Waals surface area contributed by atoms with Crippen LogP contribution in [0.5, 0.6) is 11.5 Å². The third kappa shape index (κ3) is 5.25. The van der Waals surface area contributed by atoms with Crippen LogP contribution in [-0.2, 0) is 14.4 Å². The van der Waals surface area contributed by atoms with E-state index in [-0.39, 0.29) is 24.3 Å². The quantitative estimate of drug-likeness (QED) is 0.409. The number of hydrogen-bond donors (Lipinski definition) is 2. The topological polar surface area (TPSA) is 114 Å². The van der Waals surface area contributed by atoms with Crippen LogP contribution in [0.15, 0.2) is 54.6 Å². The van der Waals surface area contributed by atoms with Crippen molar-refractivity contribution >= 4 is 35.0 Å². The average Bonchev–Trinajstić information content (AvgIpc) is 3.12. The molecule has 0 saturated carbocycles. The monoisotopic (exact) mass is 491 g/mol. The maximum absolute atomic E-state index is 12.9. The molecule has 1 aliphatic heterocycles. The van der Waals surface area contributed by atoms with Crippen LogP contribution in [0, 0.1) is 11.8 Å². The first-order chi connectivity index (χ1) is 17.4. The smallest absolute Gasteiger partial charge is 0.255 e. The molecule has 0 bridgehead atoms. The lowest BCUT2D eigenvalue weighted by Crippen LogP contribution is -2.38. The van der Waals surface area contributed by atoms with Gasteiger partial charge in [0.1, 0.15) is 18.0 Å². The van der Waals surface area contributed by atoms with Crippen LogP contribution in [0.1, 0.15) is 37.0 Å². The lowest BCUT2D eigenvalue weighted by atomic mass is 9.85. The number of imide groups is 1. The Morgan fingerprint density at radius 3 is 1.92 bits per heavy atom. The van der Waals surface area contributed by atoms with Crippen LogP contribution in [0.3, 0.4) is 0 Å². The molecule has 1 heterocycles. The molecule has 0 spiro atoms. The Labute approximate surface area is 209 Å². The number of amides is 4. The van der Waals surface area contributed by atoms with Crippen molar-refractivity contribution in [3.63, 3.8) is 0 Å². The van der Waals surface area contributed by atoms with Crippen molar-refractivity contribution in [2.45, 2.75) is 26.7 Å². The lowest BCUT2D eigenvalue weighted by Gasteiger charge is -2.19. The predicted molar refractivity (Wildman–Crippen MR) is 134 cm³/mol. The highest BCUT2D eigenvalue weighted by atomic mass is 16.5. The molecule has 0 radical (unpaired) electrons. The fraction of sp³-hybridized carbons (Fsp3) is 0.333. The summed E-state index contributed by atoms with van der Waals surface area (Å²) >= 11 is 0. The van der Waals surface area contributed by atoms with E-state index in [1.165, 1.54) is 0 Å². The molecule has 4 rings (SSSR count). The van der Waals surface area contributed by atoms with E-state index in [1.807, 2.05) is 18.2 Å². The first-order valence-corrected chi connectivity index (χ1v) is 12.0. The number of benzene rings is 2. The summed E-state index contributed by atoms with van der Waals surface area (Å²) in [6.07, 6.45) is 4.82. The number of nitrogens with zero attached hydrogens (tertiary/aromatic N) is 1. The molecule has 0 aromatic heterocycles. The van der Waals surface area contributed by atoms with Crippen molar-refractivity contribution in [2.24, 2.45) is 11.8 Å². The molecule has 2 aliphatic rings. The van der Waals surface area contributed by atoms with Crippen molar-refractivity contribution in [1.82, 2.24) is 4.90 Å². The van der Waals surface area contributed by atoms with Crippen LogP contribution in [0.4, 0.5) is 11.4 Å². The molecular weight excluding hydrogens is 462 g/mol. The van der Waals surface area contributed by atoms with Crippen molar-refractivity contribution in [3.05, 3.63) is 60.2 Å². The molecule has 9 nitrogen and oxygen atoms in total. The number of carbonyl (C=O) groups is 4. The molecule has 2 aromatic carbocycles. The number of nitrogens with one attached hydrogen (secondary N) is 2. The van der Waals surface area contributed by atoms with Crippen molar-refractivity contribution in [3.8, 4) is 11.5 Å². The molecule has 1 saturated heterocycles. The fourth-order valence-corrected chi connectivity index (χ4v) is 4.45. The van der Waals surface area contributed by atoms with E-state index in [1.54, 1.807) is 50.2 Å². The number of carbonyl (C=O) groups excluding carboxylic acids is 4. The van der Waals surface area contributed by atoms with Gasteiger partial charge < -0.3 is 20.1 Å². The van der Waals surface area contributed by atoms with Gasteiger partial charge in [-0.05, 0) is 38.8 Å². The van der Waals surface area contributed by atoms with Crippen LogP contribution < -0.4 is 20.1 Å². The second kappa shape index (κ2) is 11.1. The molecule has 4 amide bonds. The normalized spacial score (nSPS) is 18.6. The summed E-state index contributed by atoms with van der Waals surface area (Å²) in [6, 6.07) is 11.9. The van der Waals surface area contributed by atoms with Crippen LogP contribution >= 0.6 is 0 Å². The van der Waals surface area contributed by atoms with Gasteiger partial charge in [0.15, 0.2) is 0 Å². The Bertz CT molecular complexity index is 1170. The third-order valence-corrected chi connectivity index (χ3v) is 6.14. The summed E-state index contributed by atoms with van der Waals surface area (Å²) < 4.78 is 11.4. The van der Waals surface area contributed by atoms with E-state index in [0.29, 0.717) is 54.5 Å². The van der Waals surface area contributed by atoms with Crippen molar-refractivity contribution in [1.29, 1.82) is 0 Å². The number of likely N-dealkylation sites (tertiary alicyclic amines) is 1. The highest BCUT2D eigenvalue weighted by molar-refractivity contribution is 6.09. The minimum atomic E-state index is -0.534. The molecule has 2 atom stereocenters. The number of ether oxygens (including phenoxy) is 2. The van der Waals surface area contributed by atoms with Gasteiger partial charge in [0, 0.05) is 17.7 Å². The number of allylic oxidation sites excluding steroid dienone is 2. The molecule has 2 N–H and O–H groups in total. The maximum atomic E-state index is 12.9. The number of anilines is 2. The van der Waals surface area contributed by atoms with E-state index in [9.17, 15) is 19.2 Å². The summed E-state index contributed by atoms with van der Waals surface area (Å²) in [4.78, 5) is 52.1. The van der Waals surface area contributed by atoms with Gasteiger partial charge in [-0.25, -0.2) is 0 Å². The first-order valence-electron chi connectivity index (χ1n) is 12.0. The van der Waals surface area contributed by atoms with E-state index >= 15 is 0 Å². The second-order valence-corrected chi connectivity index (χ2v) is 8.50. The lowest BCUT2D eigenvalue weighted by molar-refractivity contribution is -0.142. The number of fused-ring (bicyclic) bond motifs is 1. The van der Waals surface area contributed by atoms with E-state index in [0.717, 1.165) is 4.90 Å². The first kappa shape index (κ1) is 25.0. The van der Waals surface area contributed by atoms with Gasteiger partial charge in [0.25, 0.3) is 5.91 Å². The standard InChI is InChI=1S/C27H29N3O6/c1-3-35-22-15-21(29-25(32)17-10-6-5-7-11-17)23(36-4-2)14-20(22)28-24(31)16-30-26(33)18-12-8-9-13-19(18)27(30)34/h5-11,14-15,18-19H,3-4,12-13,16H2,1-2H3,(H,28,31)(H,29,32). The zero-order valence-corrected chi connectivity index (χ0v) is 20.3. The van der Waals surface area contributed by atoms with Gasteiger partial charge in [-0.2, -0.15) is 0 Å². The van der Waals surface area contributed by atoms with Crippen LogP contribution in [0.2, 0.25) is 0 Å². The highest BCUT2D eigenvalue weighted by Gasteiger charge is 2.47. The number of hydrogen-bond acceptors (Lipinski definition) is 6. The van der Waals surface area contributed by atoms with Crippen molar-refractivity contribution < 1.29 is 28.7 Å². The largest absolute Gasteiger partial charge is 0.492 e. The van der Waals surface area contributed by atoms with Crippen LogP contribution in [0.25, 0.3) is 0 Å². The summed E-state index contributed by atoms with van der Waals surface area (Å²) in [5.41, 5.74) is 1.17. The number of rotatable bonds is 9. The van der Waals surface area contributed by atoms with Gasteiger partial charge in [-0.3, -0.25) is 24.1 Å². The molecule has 1 aliphatic carbocycles. The third-order valence-electron chi connectivity index (χ3n) is 6.14. The van der Waals surface area contributed by atoms with E-state index < -0.39 is 17.7 Å². The summed E-state index contributed by atoms with van der Waals surface area (Å²) in [7, 11) is 0. The molecule has 36 heavy (non-hydrogen) atoms. The van der Waals surface area contributed by atoms with E-state index in [4.69, 9.17) is 9.47 Å². The Balaban J connectivity index is 1.54. The highest BCUT2D eigenvalue weighted by Crippen LogP contribution is 2.38. The summed E-state index contributed by atoms with van der Waals surface area (Å²) in [5, 5.41) is 5.57. The Hall–Kier alpha value is -4.14. The zero-order valence-electron chi connectivity index (χ0n) is 20.3. The molecule has 1 fully saturated rings. The van der Waals surface area contributed by atoms with Gasteiger partial charge in [0.2, 0.25) is 17.7 Å². The summed E-state index contributed by atoms with van der Waals surface area (Å²) in [6.45, 7) is 3.84. The van der Waals surface area contributed by atoms with Gasteiger partial charge in [-0.1, -0.05) is 30.4 Å². The van der Waals surface area contributed by atoms with Gasteiger partial charge in [-0.15, -0.1) is 0 Å². The SMILES string of the molecule is CCOc1cc(NC(=O)c2ccccc2)c(OCC)cc1NC(=O)CN1C(=O)C2CC=CCC2C1=O. The minimum Gasteiger partial charge on any atom is -0.492 e. The summed E-state index contributed by atoms with van der Waals surface area (Å²) in [5.74, 6) is -1.63. The zero-order chi connectivity index (χ0) is 25.7. The maximum Gasteiger partial charge on any atom is 0.255 e. The molecular formula is C27H29N3O6. The van der Waals surface area contributed by atoms with Crippen LogP contribution in [-0.4, -0.2) is 48.3 Å². The van der Waals surface area contributed by atoms with Crippen molar-refractivity contribution in [2.75, 3.05) is 30.4 Å². The van der Waals surface area contributed by atoms with Gasteiger partial charge >= 0.3 is 0 Å². The Kier molecular flexibility index (Phi) is 7.68. The van der Waals surface area contributed by atoms with E-state index in [2.05, 4.69) is 10.6 Å². The molecule has 9 heteroatoms. The minimum absolute atomic E-state index is 0.307. The molecule has 2 aromatic rings. The Morgan fingerprint density at radius 1 is 0.861 bits per heavy atom. The molecule has 2 unspecified atom stereocenters. The molecule has 188 valence electrons. The average molecular weight is 492 g/mol. The predicted octanol–water partition coefficient (Wildman–Crippen LogP) is 3.63. The van der Waals surface area contributed by atoms with Gasteiger partial charge in [0.05, 0.1) is 36.4 Å².